The Bertz CT molecular complexity index is 621. The summed E-state index contributed by atoms with van der Waals surface area (Å²) in [7, 11) is 1.77. The smallest absolute Gasteiger partial charge is 0.293 e. The molecule has 112 valence electrons. The lowest BCUT2D eigenvalue weighted by Gasteiger charge is -2.14. The third kappa shape index (κ3) is 3.61. The van der Waals surface area contributed by atoms with Gasteiger partial charge < -0.3 is 4.90 Å². The van der Waals surface area contributed by atoms with Crippen LogP contribution in [0, 0.1) is 6.92 Å². The SMILES string of the molecule is CCCCN(C)C(=O)c1nc(C)n(-c2ccc(Cl)cc2)n1. The highest BCUT2D eigenvalue weighted by molar-refractivity contribution is 6.30. The molecular formula is C15H19ClN4O. The predicted molar refractivity (Wildman–Crippen MR) is 83.0 cm³/mol. The first-order chi connectivity index (χ1) is 10.0. The standard InChI is InChI=1S/C15H19ClN4O/c1-4-5-10-19(3)15(21)14-17-11(2)20(18-14)13-8-6-12(16)7-9-13/h6-9H,4-5,10H2,1-3H3. The minimum absolute atomic E-state index is 0.153. The lowest BCUT2D eigenvalue weighted by atomic mass is 10.3. The van der Waals surface area contributed by atoms with Gasteiger partial charge in [0.15, 0.2) is 0 Å². The van der Waals surface area contributed by atoms with E-state index in [4.69, 9.17) is 11.6 Å². The summed E-state index contributed by atoms with van der Waals surface area (Å²) >= 11 is 5.88. The van der Waals surface area contributed by atoms with E-state index in [0.29, 0.717) is 17.4 Å². The fraction of sp³-hybridized carbons (Fsp3) is 0.400. The number of carbonyl (C=O) groups is 1. The largest absolute Gasteiger partial charge is 0.339 e. The summed E-state index contributed by atoms with van der Waals surface area (Å²) < 4.78 is 1.65. The zero-order chi connectivity index (χ0) is 15.4. The number of nitrogens with zero attached hydrogens (tertiary/aromatic N) is 4. The van der Waals surface area contributed by atoms with E-state index in [-0.39, 0.29) is 11.7 Å². The van der Waals surface area contributed by atoms with Crippen molar-refractivity contribution in [3.05, 3.63) is 40.9 Å². The second kappa shape index (κ2) is 6.72. The van der Waals surface area contributed by atoms with Crippen LogP contribution < -0.4 is 0 Å². The van der Waals surface area contributed by atoms with Gasteiger partial charge in [0.1, 0.15) is 5.82 Å². The lowest BCUT2D eigenvalue weighted by Crippen LogP contribution is -2.28. The quantitative estimate of drug-likeness (QED) is 0.853. The normalized spacial score (nSPS) is 10.7. The molecule has 2 aromatic rings. The number of amides is 1. The van der Waals surface area contributed by atoms with Crippen LogP contribution in [-0.4, -0.2) is 39.2 Å². The maximum absolute atomic E-state index is 12.3. The van der Waals surface area contributed by atoms with E-state index >= 15 is 0 Å². The van der Waals surface area contributed by atoms with Gasteiger partial charge in [-0.2, -0.15) is 0 Å². The number of aromatic nitrogens is 3. The molecule has 0 spiro atoms. The Morgan fingerprint density at radius 3 is 2.62 bits per heavy atom. The van der Waals surface area contributed by atoms with Crippen molar-refractivity contribution in [1.29, 1.82) is 0 Å². The van der Waals surface area contributed by atoms with Crippen molar-refractivity contribution >= 4 is 17.5 Å². The van der Waals surface area contributed by atoms with Crippen LogP contribution in [0.25, 0.3) is 5.69 Å². The number of hydrogen-bond donors (Lipinski definition) is 0. The van der Waals surface area contributed by atoms with E-state index in [9.17, 15) is 4.79 Å². The minimum atomic E-state index is -0.153. The molecule has 5 nitrogen and oxygen atoms in total. The Labute approximate surface area is 129 Å². The molecule has 0 N–H and O–H groups in total. The Balaban J connectivity index is 2.22. The number of hydrogen-bond acceptors (Lipinski definition) is 3. The second-order valence-corrected chi connectivity index (χ2v) is 5.39. The first kappa shape index (κ1) is 15.5. The lowest BCUT2D eigenvalue weighted by molar-refractivity contribution is 0.0781. The van der Waals surface area contributed by atoms with Crippen molar-refractivity contribution in [3.63, 3.8) is 0 Å². The highest BCUT2D eigenvalue weighted by atomic mass is 35.5. The molecule has 6 heteroatoms. The van der Waals surface area contributed by atoms with E-state index in [0.717, 1.165) is 18.5 Å². The summed E-state index contributed by atoms with van der Waals surface area (Å²) in [6.45, 7) is 4.63. The first-order valence-corrected chi connectivity index (χ1v) is 7.35. The highest BCUT2D eigenvalue weighted by Crippen LogP contribution is 2.14. The van der Waals surface area contributed by atoms with Gasteiger partial charge in [-0.05, 0) is 37.6 Å². The van der Waals surface area contributed by atoms with Gasteiger partial charge in [-0.1, -0.05) is 24.9 Å². The average molecular weight is 307 g/mol. The van der Waals surface area contributed by atoms with Crippen LogP contribution in [0.4, 0.5) is 0 Å². The van der Waals surface area contributed by atoms with Gasteiger partial charge in [0.25, 0.3) is 5.91 Å². The summed E-state index contributed by atoms with van der Waals surface area (Å²) in [6.07, 6.45) is 2.02. The number of rotatable bonds is 5. The molecule has 0 aliphatic heterocycles. The summed E-state index contributed by atoms with van der Waals surface area (Å²) in [6, 6.07) is 7.26. The summed E-state index contributed by atoms with van der Waals surface area (Å²) in [5.74, 6) is 0.741. The molecule has 2 rings (SSSR count). The van der Waals surface area contributed by atoms with Gasteiger partial charge in [0.2, 0.25) is 5.82 Å². The summed E-state index contributed by atoms with van der Waals surface area (Å²) in [5, 5.41) is 4.97. The Hall–Kier alpha value is -1.88. The van der Waals surface area contributed by atoms with Crippen molar-refractivity contribution in [1.82, 2.24) is 19.7 Å². The van der Waals surface area contributed by atoms with E-state index in [1.165, 1.54) is 0 Å². The molecule has 21 heavy (non-hydrogen) atoms. The number of benzene rings is 1. The van der Waals surface area contributed by atoms with Gasteiger partial charge in [-0.15, -0.1) is 5.10 Å². The molecular weight excluding hydrogens is 288 g/mol. The summed E-state index contributed by atoms with van der Waals surface area (Å²) in [5.41, 5.74) is 0.833. The molecule has 0 atom stereocenters. The van der Waals surface area contributed by atoms with Gasteiger partial charge in [0.05, 0.1) is 5.69 Å². The predicted octanol–water partition coefficient (Wildman–Crippen LogP) is 3.10. The van der Waals surface area contributed by atoms with Crippen molar-refractivity contribution in [3.8, 4) is 5.69 Å². The number of unbranched alkanes of at least 4 members (excludes halogenated alkanes) is 1. The molecule has 0 fully saturated rings. The van der Waals surface area contributed by atoms with Crippen LogP contribution in [0.5, 0.6) is 0 Å². The highest BCUT2D eigenvalue weighted by Gasteiger charge is 2.18. The molecule has 0 unspecified atom stereocenters. The monoisotopic (exact) mass is 306 g/mol. The van der Waals surface area contributed by atoms with Gasteiger partial charge in [0, 0.05) is 18.6 Å². The molecule has 1 aromatic carbocycles. The molecule has 0 aliphatic carbocycles. The number of aryl methyl sites for hydroxylation is 1. The molecule has 1 heterocycles. The second-order valence-electron chi connectivity index (χ2n) is 4.95. The van der Waals surface area contributed by atoms with Crippen LogP contribution in [0.15, 0.2) is 24.3 Å². The number of halogens is 1. The molecule has 0 bridgehead atoms. The third-order valence-electron chi connectivity index (χ3n) is 3.23. The van der Waals surface area contributed by atoms with Crippen LogP contribution in [0.2, 0.25) is 5.02 Å². The maximum atomic E-state index is 12.3. The van der Waals surface area contributed by atoms with E-state index < -0.39 is 0 Å². The first-order valence-electron chi connectivity index (χ1n) is 6.98. The van der Waals surface area contributed by atoms with Crippen molar-refractivity contribution < 1.29 is 4.79 Å². The number of carbonyl (C=O) groups excluding carboxylic acids is 1. The molecule has 1 amide bonds. The van der Waals surface area contributed by atoms with Gasteiger partial charge >= 0.3 is 0 Å². The molecule has 0 aliphatic rings. The van der Waals surface area contributed by atoms with E-state index in [2.05, 4.69) is 17.0 Å². The molecule has 0 radical (unpaired) electrons. The third-order valence-corrected chi connectivity index (χ3v) is 3.48. The zero-order valence-electron chi connectivity index (χ0n) is 12.5. The van der Waals surface area contributed by atoms with E-state index in [1.54, 1.807) is 28.8 Å². The van der Waals surface area contributed by atoms with Crippen molar-refractivity contribution in [2.75, 3.05) is 13.6 Å². The van der Waals surface area contributed by atoms with Crippen LogP contribution >= 0.6 is 11.6 Å². The van der Waals surface area contributed by atoms with Crippen LogP contribution in [-0.2, 0) is 0 Å². The van der Waals surface area contributed by atoms with Crippen LogP contribution in [0.1, 0.15) is 36.2 Å². The molecule has 0 saturated heterocycles. The van der Waals surface area contributed by atoms with Gasteiger partial charge in [-0.25, -0.2) is 9.67 Å². The fourth-order valence-electron chi connectivity index (χ4n) is 1.98. The maximum Gasteiger partial charge on any atom is 0.293 e. The van der Waals surface area contributed by atoms with Crippen molar-refractivity contribution in [2.45, 2.75) is 26.7 Å². The van der Waals surface area contributed by atoms with Gasteiger partial charge in [-0.3, -0.25) is 4.79 Å². The molecule has 0 saturated carbocycles. The van der Waals surface area contributed by atoms with E-state index in [1.807, 2.05) is 19.1 Å². The van der Waals surface area contributed by atoms with Crippen LogP contribution in [0.3, 0.4) is 0 Å². The topological polar surface area (TPSA) is 51.0 Å². The Morgan fingerprint density at radius 1 is 1.33 bits per heavy atom. The zero-order valence-corrected chi connectivity index (χ0v) is 13.3. The van der Waals surface area contributed by atoms with Crippen molar-refractivity contribution in [2.24, 2.45) is 0 Å². The minimum Gasteiger partial charge on any atom is -0.339 e. The fourth-order valence-corrected chi connectivity index (χ4v) is 2.10. The Morgan fingerprint density at radius 2 is 2.00 bits per heavy atom. The molecule has 1 aromatic heterocycles. The average Bonchev–Trinajstić information content (AvgIpc) is 2.86. The Kier molecular flexibility index (Phi) is 4.96. The summed E-state index contributed by atoms with van der Waals surface area (Å²) in [4.78, 5) is 18.2.